The number of aromatic nitrogens is 2. The van der Waals surface area contributed by atoms with Gasteiger partial charge in [-0.05, 0) is 56.6 Å². The molecule has 0 aliphatic carbocycles. The van der Waals surface area contributed by atoms with Crippen molar-refractivity contribution in [3.8, 4) is 0 Å². The first-order valence-corrected chi connectivity index (χ1v) is 9.89. The van der Waals surface area contributed by atoms with E-state index in [0.717, 1.165) is 37.2 Å². The van der Waals surface area contributed by atoms with Crippen LogP contribution < -0.4 is 10.9 Å². The molecule has 0 spiro atoms. The van der Waals surface area contributed by atoms with Gasteiger partial charge < -0.3 is 19.5 Å². The number of nitrogens with one attached hydrogen (secondary N) is 1. The summed E-state index contributed by atoms with van der Waals surface area (Å²) in [5, 5.41) is 3.31. The third kappa shape index (κ3) is 3.72. The Morgan fingerprint density at radius 2 is 2.07 bits per heavy atom. The summed E-state index contributed by atoms with van der Waals surface area (Å²) in [7, 11) is 0. The number of carbonyl (C=O) groups excluding carboxylic acids is 1. The van der Waals surface area contributed by atoms with Crippen LogP contribution in [0.5, 0.6) is 0 Å². The second-order valence-corrected chi connectivity index (χ2v) is 7.43. The van der Waals surface area contributed by atoms with Gasteiger partial charge in [-0.2, -0.15) is 0 Å². The highest BCUT2D eigenvalue weighted by Gasteiger charge is 2.30. The zero-order valence-electron chi connectivity index (χ0n) is 16.1. The predicted molar refractivity (Wildman–Crippen MR) is 105 cm³/mol. The number of carbonyl (C=O) groups is 1. The SMILES string of the molecule is Cc1ccn(C2CCNCC2)c(=O)c1C(=O)N1CCOC(c2ccccn2)C1. The molecule has 4 heterocycles. The fourth-order valence-electron chi connectivity index (χ4n) is 4.01. The Balaban J connectivity index is 1.59. The highest BCUT2D eigenvalue weighted by Crippen LogP contribution is 2.22. The summed E-state index contributed by atoms with van der Waals surface area (Å²) in [6.07, 6.45) is 5.08. The lowest BCUT2D eigenvalue weighted by molar-refractivity contribution is -0.0248. The molecule has 148 valence electrons. The molecule has 7 nitrogen and oxygen atoms in total. The zero-order valence-corrected chi connectivity index (χ0v) is 16.1. The van der Waals surface area contributed by atoms with Gasteiger partial charge in [-0.15, -0.1) is 0 Å². The third-order valence-electron chi connectivity index (χ3n) is 5.62. The second kappa shape index (κ2) is 8.24. The molecular formula is C21H26N4O3. The van der Waals surface area contributed by atoms with Gasteiger partial charge >= 0.3 is 0 Å². The highest BCUT2D eigenvalue weighted by atomic mass is 16.5. The molecule has 0 aromatic carbocycles. The molecule has 0 bridgehead atoms. The van der Waals surface area contributed by atoms with E-state index >= 15 is 0 Å². The highest BCUT2D eigenvalue weighted by molar-refractivity contribution is 5.95. The third-order valence-corrected chi connectivity index (χ3v) is 5.62. The standard InChI is InChI=1S/C21H26N4O3/c1-15-7-11-25(16-5-9-22-10-6-16)21(27)19(15)20(26)24-12-13-28-18(14-24)17-4-2-3-8-23-17/h2-4,7-8,11,16,18,22H,5-6,9-10,12-14H2,1H3. The van der Waals surface area contributed by atoms with Crippen molar-refractivity contribution in [2.75, 3.05) is 32.8 Å². The maximum absolute atomic E-state index is 13.3. The first-order valence-electron chi connectivity index (χ1n) is 9.89. The molecule has 1 unspecified atom stereocenters. The molecule has 2 fully saturated rings. The monoisotopic (exact) mass is 382 g/mol. The van der Waals surface area contributed by atoms with Crippen LogP contribution in [0.15, 0.2) is 41.5 Å². The van der Waals surface area contributed by atoms with Crippen LogP contribution in [-0.2, 0) is 4.74 Å². The van der Waals surface area contributed by atoms with E-state index in [2.05, 4.69) is 10.3 Å². The Hall–Kier alpha value is -2.51. The van der Waals surface area contributed by atoms with E-state index in [9.17, 15) is 9.59 Å². The van der Waals surface area contributed by atoms with Crippen molar-refractivity contribution in [1.82, 2.24) is 19.8 Å². The summed E-state index contributed by atoms with van der Waals surface area (Å²) < 4.78 is 7.56. The summed E-state index contributed by atoms with van der Waals surface area (Å²) >= 11 is 0. The minimum absolute atomic E-state index is 0.145. The minimum atomic E-state index is -0.269. The Kier molecular flexibility index (Phi) is 5.54. The Morgan fingerprint density at radius 1 is 1.25 bits per heavy atom. The van der Waals surface area contributed by atoms with Gasteiger partial charge in [0.2, 0.25) is 0 Å². The molecule has 4 rings (SSSR count). The lowest BCUT2D eigenvalue weighted by Gasteiger charge is -2.33. The molecule has 2 saturated heterocycles. The summed E-state index contributed by atoms with van der Waals surface area (Å²) in [6, 6.07) is 7.69. The Morgan fingerprint density at radius 3 is 2.82 bits per heavy atom. The Labute approximate surface area is 164 Å². The van der Waals surface area contributed by atoms with Crippen molar-refractivity contribution < 1.29 is 9.53 Å². The molecule has 1 amide bonds. The first-order chi connectivity index (χ1) is 13.6. The maximum atomic E-state index is 13.3. The quantitative estimate of drug-likeness (QED) is 0.874. The number of amides is 1. The number of piperidine rings is 1. The van der Waals surface area contributed by atoms with Crippen LogP contribution in [0.4, 0.5) is 0 Å². The topological polar surface area (TPSA) is 76.5 Å². The van der Waals surface area contributed by atoms with Crippen molar-refractivity contribution >= 4 is 5.91 Å². The van der Waals surface area contributed by atoms with Gasteiger partial charge in [0.15, 0.2) is 0 Å². The number of pyridine rings is 2. The van der Waals surface area contributed by atoms with Crippen molar-refractivity contribution in [2.24, 2.45) is 0 Å². The maximum Gasteiger partial charge on any atom is 0.263 e. The van der Waals surface area contributed by atoms with Gasteiger partial charge in [0.1, 0.15) is 11.7 Å². The van der Waals surface area contributed by atoms with Gasteiger partial charge in [0, 0.05) is 25.0 Å². The first kappa shape index (κ1) is 18.8. The molecule has 1 N–H and O–H groups in total. The van der Waals surface area contributed by atoms with E-state index in [1.54, 1.807) is 15.7 Å². The van der Waals surface area contributed by atoms with Crippen LogP contribution in [0.3, 0.4) is 0 Å². The average molecular weight is 382 g/mol. The van der Waals surface area contributed by atoms with Gasteiger partial charge in [-0.25, -0.2) is 0 Å². The number of hydrogen-bond donors (Lipinski definition) is 1. The van der Waals surface area contributed by atoms with Gasteiger partial charge in [0.25, 0.3) is 11.5 Å². The molecule has 2 aromatic rings. The van der Waals surface area contributed by atoms with E-state index in [1.807, 2.05) is 37.4 Å². The van der Waals surface area contributed by atoms with E-state index in [1.165, 1.54) is 0 Å². The zero-order chi connectivity index (χ0) is 19.5. The number of morpholine rings is 1. The van der Waals surface area contributed by atoms with Gasteiger partial charge in [-0.3, -0.25) is 14.6 Å². The summed E-state index contributed by atoms with van der Waals surface area (Å²) in [4.78, 5) is 32.5. The normalized spacial score (nSPS) is 20.9. The fraction of sp³-hybridized carbons (Fsp3) is 0.476. The molecule has 0 radical (unpaired) electrons. The lowest BCUT2D eigenvalue weighted by Crippen LogP contribution is -2.45. The number of ether oxygens (including phenoxy) is 1. The molecule has 2 aromatic heterocycles. The van der Waals surface area contributed by atoms with Crippen molar-refractivity contribution in [1.29, 1.82) is 0 Å². The second-order valence-electron chi connectivity index (χ2n) is 7.43. The summed E-state index contributed by atoms with van der Waals surface area (Å²) in [6.45, 7) is 4.92. The van der Waals surface area contributed by atoms with Crippen LogP contribution in [0.1, 0.15) is 46.6 Å². The van der Waals surface area contributed by atoms with Crippen molar-refractivity contribution in [3.05, 3.63) is 63.8 Å². The minimum Gasteiger partial charge on any atom is -0.368 e. The number of hydrogen-bond acceptors (Lipinski definition) is 5. The van der Waals surface area contributed by atoms with Crippen LogP contribution in [0.2, 0.25) is 0 Å². The van der Waals surface area contributed by atoms with Crippen LogP contribution in [0, 0.1) is 6.92 Å². The van der Waals surface area contributed by atoms with Crippen LogP contribution >= 0.6 is 0 Å². The lowest BCUT2D eigenvalue weighted by atomic mass is 10.0. The van der Waals surface area contributed by atoms with E-state index in [0.29, 0.717) is 19.7 Å². The summed E-state index contributed by atoms with van der Waals surface area (Å²) in [5.41, 5.74) is 1.62. The molecule has 1 atom stereocenters. The van der Waals surface area contributed by atoms with E-state index in [4.69, 9.17) is 4.74 Å². The van der Waals surface area contributed by atoms with Crippen LogP contribution in [0.25, 0.3) is 0 Å². The van der Waals surface area contributed by atoms with Crippen molar-refractivity contribution in [3.63, 3.8) is 0 Å². The molecule has 2 aliphatic heterocycles. The molecule has 0 saturated carbocycles. The van der Waals surface area contributed by atoms with Crippen molar-refractivity contribution in [2.45, 2.75) is 31.9 Å². The summed E-state index contributed by atoms with van der Waals surface area (Å²) in [5.74, 6) is -0.213. The van der Waals surface area contributed by atoms with Crippen LogP contribution in [-0.4, -0.2) is 53.1 Å². The Bertz CT molecular complexity index is 890. The smallest absolute Gasteiger partial charge is 0.263 e. The predicted octanol–water partition coefficient (Wildman–Crippen LogP) is 1.69. The molecule has 28 heavy (non-hydrogen) atoms. The fourth-order valence-corrected chi connectivity index (χ4v) is 4.01. The molecule has 7 heteroatoms. The number of nitrogens with zero attached hydrogens (tertiary/aromatic N) is 3. The largest absolute Gasteiger partial charge is 0.368 e. The van der Waals surface area contributed by atoms with Gasteiger partial charge in [-0.1, -0.05) is 6.07 Å². The van der Waals surface area contributed by atoms with E-state index < -0.39 is 0 Å². The number of aryl methyl sites for hydroxylation is 1. The van der Waals surface area contributed by atoms with E-state index in [-0.39, 0.29) is 29.2 Å². The number of rotatable bonds is 3. The van der Waals surface area contributed by atoms with Gasteiger partial charge in [0.05, 0.1) is 18.8 Å². The molecule has 2 aliphatic rings. The average Bonchev–Trinajstić information content (AvgIpc) is 2.75. The molecular weight excluding hydrogens is 356 g/mol.